The summed E-state index contributed by atoms with van der Waals surface area (Å²) in [7, 11) is 0. The average molecular weight is 354 g/mol. The van der Waals surface area contributed by atoms with E-state index in [1.165, 1.54) is 0 Å². The first kappa shape index (κ1) is 15.1. The van der Waals surface area contributed by atoms with Gasteiger partial charge in [0.05, 0.1) is 10.5 Å². The molecule has 21 heavy (non-hydrogen) atoms. The van der Waals surface area contributed by atoms with Gasteiger partial charge in [-0.15, -0.1) is 0 Å². The zero-order valence-corrected chi connectivity index (χ0v) is 12.2. The van der Waals surface area contributed by atoms with Crippen molar-refractivity contribution in [3.63, 3.8) is 0 Å². The van der Waals surface area contributed by atoms with Crippen LogP contribution in [0, 0.1) is 15.9 Å². The van der Waals surface area contributed by atoms with Gasteiger partial charge in [0.1, 0.15) is 6.61 Å². The Morgan fingerprint density at radius 3 is 2.48 bits per heavy atom. The molecule has 0 amide bonds. The minimum atomic E-state index is -1.07. The largest absolute Gasteiger partial charge is 0.457 e. The van der Waals surface area contributed by atoms with E-state index in [9.17, 15) is 19.3 Å². The Kier molecular flexibility index (Phi) is 4.64. The highest BCUT2D eigenvalue weighted by atomic mass is 79.9. The van der Waals surface area contributed by atoms with Crippen LogP contribution in [0.1, 0.15) is 15.9 Å². The SMILES string of the molecule is O=C(OCc1ccc(Br)cc1)c1ccc([N+](=O)[O-])c(F)c1. The van der Waals surface area contributed by atoms with Crippen molar-refractivity contribution in [3.05, 3.63) is 74.0 Å². The molecule has 0 saturated carbocycles. The number of ether oxygens (including phenoxy) is 1. The van der Waals surface area contributed by atoms with Gasteiger partial charge in [0, 0.05) is 10.5 Å². The first-order valence-corrected chi connectivity index (χ1v) is 6.62. The Morgan fingerprint density at radius 2 is 1.90 bits per heavy atom. The van der Waals surface area contributed by atoms with E-state index in [2.05, 4.69) is 15.9 Å². The Hall–Kier alpha value is -2.28. The van der Waals surface area contributed by atoms with Crippen LogP contribution in [0.2, 0.25) is 0 Å². The van der Waals surface area contributed by atoms with Crippen LogP contribution in [0.25, 0.3) is 0 Å². The lowest BCUT2D eigenvalue weighted by atomic mass is 10.2. The normalized spacial score (nSPS) is 10.2. The predicted molar refractivity (Wildman–Crippen MR) is 76.3 cm³/mol. The summed E-state index contributed by atoms with van der Waals surface area (Å²) >= 11 is 3.28. The van der Waals surface area contributed by atoms with Gasteiger partial charge in [-0.2, -0.15) is 4.39 Å². The summed E-state index contributed by atoms with van der Waals surface area (Å²) in [6, 6.07) is 10.0. The molecule has 0 heterocycles. The molecular formula is C14H9BrFNO4. The Bertz CT molecular complexity index is 688. The lowest BCUT2D eigenvalue weighted by Gasteiger charge is -2.05. The van der Waals surface area contributed by atoms with Crippen LogP contribution in [0.5, 0.6) is 0 Å². The van der Waals surface area contributed by atoms with Crippen LogP contribution in [-0.4, -0.2) is 10.9 Å². The third-order valence-corrected chi connectivity index (χ3v) is 3.19. The molecule has 0 aliphatic rings. The molecule has 108 valence electrons. The van der Waals surface area contributed by atoms with Crippen molar-refractivity contribution in [3.8, 4) is 0 Å². The lowest BCUT2D eigenvalue weighted by molar-refractivity contribution is -0.387. The zero-order chi connectivity index (χ0) is 15.4. The number of hydrogen-bond donors (Lipinski definition) is 0. The first-order chi connectivity index (χ1) is 9.97. The van der Waals surface area contributed by atoms with Crippen LogP contribution in [0.4, 0.5) is 10.1 Å². The summed E-state index contributed by atoms with van der Waals surface area (Å²) in [5, 5.41) is 10.5. The summed E-state index contributed by atoms with van der Waals surface area (Å²) in [6.45, 7) is 0.0325. The minimum absolute atomic E-state index is 0.0325. The van der Waals surface area contributed by atoms with Gasteiger partial charge >= 0.3 is 11.7 Å². The monoisotopic (exact) mass is 353 g/mol. The second kappa shape index (κ2) is 6.45. The Morgan fingerprint density at radius 1 is 1.24 bits per heavy atom. The van der Waals surface area contributed by atoms with Gasteiger partial charge in [-0.05, 0) is 29.8 Å². The number of halogens is 2. The molecule has 0 aromatic heterocycles. The van der Waals surface area contributed by atoms with Gasteiger partial charge in [0.15, 0.2) is 0 Å². The van der Waals surface area contributed by atoms with Crippen LogP contribution in [0.15, 0.2) is 46.9 Å². The number of benzene rings is 2. The highest BCUT2D eigenvalue weighted by molar-refractivity contribution is 9.10. The molecule has 0 atom stereocenters. The van der Waals surface area contributed by atoms with Crippen molar-refractivity contribution in [2.45, 2.75) is 6.61 Å². The molecule has 0 aliphatic heterocycles. The van der Waals surface area contributed by atoms with Gasteiger partial charge in [-0.25, -0.2) is 4.79 Å². The Labute approximate surface area is 127 Å². The van der Waals surface area contributed by atoms with E-state index in [-0.39, 0.29) is 12.2 Å². The maximum Gasteiger partial charge on any atom is 0.338 e. The maximum atomic E-state index is 13.4. The van der Waals surface area contributed by atoms with Crippen LogP contribution in [-0.2, 0) is 11.3 Å². The number of hydrogen-bond acceptors (Lipinski definition) is 4. The van der Waals surface area contributed by atoms with E-state index in [0.29, 0.717) is 0 Å². The van der Waals surface area contributed by atoms with Crippen LogP contribution in [0.3, 0.4) is 0 Å². The number of nitro benzene ring substituents is 1. The topological polar surface area (TPSA) is 69.4 Å². The molecule has 7 heteroatoms. The summed E-state index contributed by atoms with van der Waals surface area (Å²) in [4.78, 5) is 21.4. The lowest BCUT2D eigenvalue weighted by Crippen LogP contribution is -2.06. The molecule has 0 N–H and O–H groups in total. The number of rotatable bonds is 4. The number of carbonyl (C=O) groups excluding carboxylic acids is 1. The zero-order valence-electron chi connectivity index (χ0n) is 10.6. The van der Waals surface area contributed by atoms with Gasteiger partial charge in [-0.1, -0.05) is 28.1 Å². The van der Waals surface area contributed by atoms with Crippen molar-refractivity contribution in [1.29, 1.82) is 0 Å². The highest BCUT2D eigenvalue weighted by Crippen LogP contribution is 2.19. The van der Waals surface area contributed by atoms with E-state index < -0.39 is 22.4 Å². The van der Waals surface area contributed by atoms with Crippen LogP contribution >= 0.6 is 15.9 Å². The van der Waals surface area contributed by atoms with E-state index >= 15 is 0 Å². The molecule has 2 aromatic rings. The summed E-state index contributed by atoms with van der Waals surface area (Å²) in [5.74, 6) is -1.81. The van der Waals surface area contributed by atoms with Gasteiger partial charge < -0.3 is 4.74 Å². The van der Waals surface area contributed by atoms with Crippen molar-refractivity contribution in [2.75, 3.05) is 0 Å². The van der Waals surface area contributed by atoms with Gasteiger partial charge in [0.25, 0.3) is 0 Å². The van der Waals surface area contributed by atoms with E-state index in [1.807, 2.05) is 0 Å². The van der Waals surface area contributed by atoms with Crippen molar-refractivity contribution < 1.29 is 18.8 Å². The molecule has 0 radical (unpaired) electrons. The van der Waals surface area contributed by atoms with Gasteiger partial charge in [0.2, 0.25) is 5.82 Å². The number of esters is 1. The van der Waals surface area contributed by atoms with Crippen molar-refractivity contribution in [2.24, 2.45) is 0 Å². The molecule has 2 rings (SSSR count). The molecule has 2 aromatic carbocycles. The van der Waals surface area contributed by atoms with E-state index in [0.717, 1.165) is 28.2 Å². The van der Waals surface area contributed by atoms with E-state index in [1.54, 1.807) is 24.3 Å². The molecule has 0 bridgehead atoms. The summed E-state index contributed by atoms with van der Waals surface area (Å²) < 4.78 is 19.3. The molecule has 0 aliphatic carbocycles. The third kappa shape index (κ3) is 3.85. The second-order valence-corrected chi connectivity index (χ2v) is 5.04. The summed E-state index contributed by atoms with van der Waals surface area (Å²) in [5.41, 5.74) is 0.0172. The maximum absolute atomic E-state index is 13.4. The molecule has 0 saturated heterocycles. The van der Waals surface area contributed by atoms with E-state index in [4.69, 9.17) is 4.74 Å². The fourth-order valence-electron chi connectivity index (χ4n) is 1.59. The minimum Gasteiger partial charge on any atom is -0.457 e. The highest BCUT2D eigenvalue weighted by Gasteiger charge is 2.17. The van der Waals surface area contributed by atoms with Crippen molar-refractivity contribution in [1.82, 2.24) is 0 Å². The quantitative estimate of drug-likeness (QED) is 0.475. The number of carbonyl (C=O) groups is 1. The first-order valence-electron chi connectivity index (χ1n) is 5.83. The molecular weight excluding hydrogens is 345 g/mol. The predicted octanol–water partition coefficient (Wildman–Crippen LogP) is 3.85. The fraction of sp³-hybridized carbons (Fsp3) is 0.0714. The molecule has 5 nitrogen and oxygen atoms in total. The standard InChI is InChI=1S/C14H9BrFNO4/c15-11-4-1-9(2-5-11)8-21-14(18)10-3-6-13(17(19)20)12(16)7-10/h1-7H,8H2. The molecule has 0 fully saturated rings. The van der Waals surface area contributed by atoms with Crippen molar-refractivity contribution >= 4 is 27.6 Å². The Balaban J connectivity index is 2.05. The molecule has 0 unspecified atom stereocenters. The van der Waals surface area contributed by atoms with Gasteiger partial charge in [-0.3, -0.25) is 10.1 Å². The molecule has 0 spiro atoms. The summed E-state index contributed by atoms with van der Waals surface area (Å²) in [6.07, 6.45) is 0. The number of nitrogens with zero attached hydrogens (tertiary/aromatic N) is 1. The van der Waals surface area contributed by atoms with Crippen LogP contribution < -0.4 is 0 Å². The fourth-order valence-corrected chi connectivity index (χ4v) is 1.86. The second-order valence-electron chi connectivity index (χ2n) is 4.13. The smallest absolute Gasteiger partial charge is 0.338 e. The number of nitro groups is 1. The third-order valence-electron chi connectivity index (χ3n) is 2.66. The average Bonchev–Trinajstić information content (AvgIpc) is 2.45.